The maximum atomic E-state index is 13.3. The highest BCUT2D eigenvalue weighted by Gasteiger charge is 2.46. The molecule has 2 heterocycles. The molecule has 2 aliphatic heterocycles. The van der Waals surface area contributed by atoms with Gasteiger partial charge in [0.2, 0.25) is 0 Å². The van der Waals surface area contributed by atoms with Crippen molar-refractivity contribution in [1.82, 2.24) is 4.90 Å². The molecule has 0 aliphatic carbocycles. The van der Waals surface area contributed by atoms with Crippen molar-refractivity contribution in [2.45, 2.75) is 31.9 Å². The second-order valence-electron chi connectivity index (χ2n) is 8.96. The van der Waals surface area contributed by atoms with Gasteiger partial charge in [0.15, 0.2) is 0 Å². The van der Waals surface area contributed by atoms with Gasteiger partial charge in [-0.2, -0.15) is 0 Å². The van der Waals surface area contributed by atoms with Gasteiger partial charge in [-0.3, -0.25) is 9.59 Å². The lowest BCUT2D eigenvalue weighted by atomic mass is 9.94. The first-order valence-electron chi connectivity index (χ1n) is 11.7. The molecule has 1 saturated heterocycles. The van der Waals surface area contributed by atoms with Crippen LogP contribution in [0.3, 0.4) is 0 Å². The Kier molecular flexibility index (Phi) is 6.03. The Bertz CT molecular complexity index is 1310. The lowest BCUT2D eigenvalue weighted by molar-refractivity contribution is -0.139. The average molecular weight is 470 g/mol. The fourth-order valence-electron chi connectivity index (χ4n) is 4.89. The summed E-state index contributed by atoms with van der Waals surface area (Å²) in [5, 5.41) is 11.4. The predicted molar refractivity (Wildman–Crippen MR) is 132 cm³/mol. The number of nitrogens with zero attached hydrogens (tertiary/aromatic N) is 1. The highest BCUT2D eigenvalue weighted by Crippen LogP contribution is 2.41. The van der Waals surface area contributed by atoms with Gasteiger partial charge >= 0.3 is 0 Å². The van der Waals surface area contributed by atoms with E-state index in [1.54, 1.807) is 36.3 Å². The summed E-state index contributed by atoms with van der Waals surface area (Å²) >= 11 is 0. The van der Waals surface area contributed by atoms with Crippen LogP contribution in [0.15, 0.2) is 78.4 Å². The molecule has 0 radical (unpaired) electrons. The van der Waals surface area contributed by atoms with Crippen LogP contribution < -0.4 is 9.47 Å². The molecular formula is C29H27NO5. The Labute approximate surface area is 204 Å². The van der Waals surface area contributed by atoms with Gasteiger partial charge in [-0.15, -0.1) is 0 Å². The quantitative estimate of drug-likeness (QED) is 0.322. The minimum Gasteiger partial charge on any atom is -0.507 e. The molecule has 0 bridgehead atoms. The Morgan fingerprint density at radius 1 is 1.06 bits per heavy atom. The molecule has 35 heavy (non-hydrogen) atoms. The van der Waals surface area contributed by atoms with Crippen molar-refractivity contribution in [3.05, 3.63) is 101 Å². The average Bonchev–Trinajstić information content (AvgIpc) is 3.38. The molecule has 3 aromatic rings. The standard InChI is InChI=1S/C29H27NO5/c1-18-15-22-16-21(11-12-24(22)35-18)27(31)25-26(20-9-6-10-23(17-20)34-2)30(29(33)28(25)32)14-13-19-7-4-3-5-8-19/h3-12,16-18,26,31H,13-15H2,1-2H3/b27-25+. The number of fused-ring (bicyclic) bond motifs is 1. The zero-order valence-electron chi connectivity index (χ0n) is 19.7. The van der Waals surface area contributed by atoms with Gasteiger partial charge in [0, 0.05) is 18.5 Å². The topological polar surface area (TPSA) is 76.1 Å². The summed E-state index contributed by atoms with van der Waals surface area (Å²) in [5.41, 5.74) is 3.32. The molecular weight excluding hydrogens is 442 g/mol. The fraction of sp³-hybridized carbons (Fsp3) is 0.241. The maximum Gasteiger partial charge on any atom is 0.295 e. The summed E-state index contributed by atoms with van der Waals surface area (Å²) in [7, 11) is 1.57. The lowest BCUT2D eigenvalue weighted by Crippen LogP contribution is -2.31. The fourth-order valence-corrected chi connectivity index (χ4v) is 4.89. The van der Waals surface area contributed by atoms with Crippen LogP contribution in [0.5, 0.6) is 11.5 Å². The van der Waals surface area contributed by atoms with Gasteiger partial charge in [0.25, 0.3) is 11.7 Å². The van der Waals surface area contributed by atoms with Gasteiger partial charge in [-0.1, -0.05) is 42.5 Å². The van der Waals surface area contributed by atoms with Crippen LogP contribution in [0.4, 0.5) is 0 Å². The number of ketones is 1. The molecule has 2 atom stereocenters. The number of carbonyl (C=O) groups is 2. The summed E-state index contributed by atoms with van der Waals surface area (Å²) in [6.45, 7) is 2.32. The Morgan fingerprint density at radius 2 is 1.86 bits per heavy atom. The van der Waals surface area contributed by atoms with Crippen LogP contribution >= 0.6 is 0 Å². The summed E-state index contributed by atoms with van der Waals surface area (Å²) in [4.78, 5) is 28.1. The van der Waals surface area contributed by atoms with Crippen LogP contribution in [0.2, 0.25) is 0 Å². The summed E-state index contributed by atoms with van der Waals surface area (Å²) in [6, 6.07) is 21.7. The number of aliphatic hydroxyl groups excluding tert-OH is 1. The zero-order chi connectivity index (χ0) is 24.5. The minimum absolute atomic E-state index is 0.0581. The van der Waals surface area contributed by atoms with E-state index >= 15 is 0 Å². The number of likely N-dealkylation sites (tertiary alicyclic amines) is 1. The van der Waals surface area contributed by atoms with E-state index in [9.17, 15) is 14.7 Å². The third-order valence-corrected chi connectivity index (χ3v) is 6.60. The van der Waals surface area contributed by atoms with Crippen molar-refractivity contribution in [3.63, 3.8) is 0 Å². The van der Waals surface area contributed by atoms with Crippen LogP contribution in [-0.4, -0.2) is 41.5 Å². The molecule has 5 rings (SSSR count). The summed E-state index contributed by atoms with van der Waals surface area (Å²) < 4.78 is 11.2. The van der Waals surface area contributed by atoms with E-state index in [2.05, 4.69) is 0 Å². The molecule has 0 spiro atoms. The van der Waals surface area contributed by atoms with Gasteiger partial charge < -0.3 is 19.5 Å². The van der Waals surface area contributed by atoms with Gasteiger partial charge in [0.1, 0.15) is 23.4 Å². The van der Waals surface area contributed by atoms with Crippen molar-refractivity contribution < 1.29 is 24.2 Å². The number of carbonyl (C=O) groups excluding carboxylic acids is 2. The van der Waals surface area contributed by atoms with E-state index in [0.29, 0.717) is 29.8 Å². The van der Waals surface area contributed by atoms with Crippen molar-refractivity contribution in [1.29, 1.82) is 0 Å². The first-order chi connectivity index (χ1) is 17.0. The second kappa shape index (κ2) is 9.29. The number of methoxy groups -OCH3 is 1. The van der Waals surface area contributed by atoms with E-state index in [1.807, 2.05) is 55.5 Å². The third kappa shape index (κ3) is 4.28. The molecule has 1 N–H and O–H groups in total. The molecule has 6 heteroatoms. The molecule has 6 nitrogen and oxygen atoms in total. The number of hydrogen-bond acceptors (Lipinski definition) is 5. The normalized spacial score (nSPS) is 20.6. The number of amides is 1. The number of rotatable bonds is 6. The van der Waals surface area contributed by atoms with Crippen LogP contribution in [0.1, 0.15) is 35.2 Å². The molecule has 0 saturated carbocycles. The summed E-state index contributed by atoms with van der Waals surface area (Å²) in [6.07, 6.45) is 1.37. The third-order valence-electron chi connectivity index (χ3n) is 6.60. The van der Waals surface area contributed by atoms with E-state index < -0.39 is 17.7 Å². The van der Waals surface area contributed by atoms with Gasteiger partial charge in [-0.05, 0) is 60.4 Å². The highest BCUT2D eigenvalue weighted by atomic mass is 16.5. The first kappa shape index (κ1) is 22.7. The van der Waals surface area contributed by atoms with Crippen LogP contribution in [0.25, 0.3) is 5.76 Å². The van der Waals surface area contributed by atoms with Crippen molar-refractivity contribution in [2.24, 2.45) is 0 Å². The number of ether oxygens (including phenoxy) is 2. The molecule has 2 unspecified atom stereocenters. The molecule has 1 fully saturated rings. The first-order valence-corrected chi connectivity index (χ1v) is 11.7. The van der Waals surface area contributed by atoms with Crippen molar-refractivity contribution >= 4 is 17.4 Å². The van der Waals surface area contributed by atoms with Crippen molar-refractivity contribution in [3.8, 4) is 11.5 Å². The number of Topliss-reactive ketones (excluding diaryl/α,β-unsaturated/α-hetero) is 1. The minimum atomic E-state index is -0.725. The van der Waals surface area contributed by atoms with E-state index in [4.69, 9.17) is 9.47 Å². The number of hydrogen-bond donors (Lipinski definition) is 1. The lowest BCUT2D eigenvalue weighted by Gasteiger charge is -2.25. The van der Waals surface area contributed by atoms with E-state index in [0.717, 1.165) is 23.3 Å². The Balaban J connectivity index is 1.58. The van der Waals surface area contributed by atoms with Crippen LogP contribution in [-0.2, 0) is 22.4 Å². The monoisotopic (exact) mass is 469 g/mol. The maximum absolute atomic E-state index is 13.3. The molecule has 178 valence electrons. The smallest absolute Gasteiger partial charge is 0.295 e. The second-order valence-corrected chi connectivity index (χ2v) is 8.96. The molecule has 2 aliphatic rings. The van der Waals surface area contributed by atoms with Crippen molar-refractivity contribution in [2.75, 3.05) is 13.7 Å². The van der Waals surface area contributed by atoms with Crippen LogP contribution in [0, 0.1) is 0 Å². The molecule has 3 aromatic carbocycles. The zero-order valence-corrected chi connectivity index (χ0v) is 19.7. The predicted octanol–water partition coefficient (Wildman–Crippen LogP) is 4.68. The van der Waals surface area contributed by atoms with Gasteiger partial charge in [0.05, 0.1) is 18.7 Å². The molecule has 1 amide bonds. The Hall–Kier alpha value is -4.06. The SMILES string of the molecule is COc1cccc(C2/C(=C(\O)c3ccc4c(c3)CC(C)O4)C(=O)C(=O)N2CCc2ccccc2)c1. The molecule has 0 aromatic heterocycles. The Morgan fingerprint density at radius 3 is 2.63 bits per heavy atom. The highest BCUT2D eigenvalue weighted by molar-refractivity contribution is 6.46. The van der Waals surface area contributed by atoms with E-state index in [-0.39, 0.29) is 17.4 Å². The van der Waals surface area contributed by atoms with Gasteiger partial charge in [-0.25, -0.2) is 0 Å². The van der Waals surface area contributed by atoms with E-state index in [1.165, 1.54) is 0 Å². The number of benzene rings is 3. The largest absolute Gasteiger partial charge is 0.507 e. The number of aliphatic hydroxyl groups is 1. The summed E-state index contributed by atoms with van der Waals surface area (Å²) in [5.74, 6) is -0.0934.